The first-order valence-corrected chi connectivity index (χ1v) is 9.00. The number of nitrogens with one attached hydrogen (secondary N) is 1. The van der Waals surface area contributed by atoms with Gasteiger partial charge in [0.25, 0.3) is 0 Å². The minimum absolute atomic E-state index is 0.0484. The van der Waals surface area contributed by atoms with Crippen LogP contribution < -0.4 is 5.32 Å². The van der Waals surface area contributed by atoms with Gasteiger partial charge in [0.05, 0.1) is 12.6 Å². The Morgan fingerprint density at radius 1 is 1.17 bits per heavy atom. The van der Waals surface area contributed by atoms with Crippen molar-refractivity contribution >= 4 is 17.8 Å². The number of ether oxygens (including phenoxy) is 1. The van der Waals surface area contributed by atoms with E-state index in [0.717, 1.165) is 32.2 Å². The van der Waals surface area contributed by atoms with Crippen molar-refractivity contribution in [3.63, 3.8) is 0 Å². The number of methoxy groups -OCH3 is 1. The van der Waals surface area contributed by atoms with Crippen LogP contribution in [0.3, 0.4) is 0 Å². The lowest BCUT2D eigenvalue weighted by atomic mass is 9.73. The van der Waals surface area contributed by atoms with E-state index in [9.17, 15) is 14.4 Å². The van der Waals surface area contributed by atoms with Gasteiger partial charge in [0.2, 0.25) is 11.8 Å². The zero-order valence-electron chi connectivity index (χ0n) is 14.2. The van der Waals surface area contributed by atoms with Gasteiger partial charge in [-0.2, -0.15) is 0 Å². The monoisotopic (exact) mass is 335 g/mol. The molecule has 2 aliphatic carbocycles. The molecule has 0 aromatic carbocycles. The molecule has 0 radical (unpaired) electrons. The number of likely N-dealkylation sites (tertiary alicyclic amines) is 1. The Hall–Kier alpha value is -1.63. The summed E-state index contributed by atoms with van der Waals surface area (Å²) in [5.41, 5.74) is -1.14. The average molecular weight is 335 g/mol. The van der Waals surface area contributed by atoms with Gasteiger partial charge in [-0.15, -0.1) is 0 Å². The van der Waals surface area contributed by atoms with Crippen molar-refractivity contribution in [1.29, 1.82) is 0 Å². The second-order valence-electron chi connectivity index (χ2n) is 7.53. The third-order valence-electron chi connectivity index (χ3n) is 6.29. The summed E-state index contributed by atoms with van der Waals surface area (Å²) >= 11 is 0. The molecule has 1 spiro atoms. The Morgan fingerprint density at radius 3 is 2.50 bits per heavy atom. The first-order valence-electron chi connectivity index (χ1n) is 9.00. The van der Waals surface area contributed by atoms with Crippen molar-refractivity contribution in [3.05, 3.63) is 0 Å². The number of nitrogens with zero attached hydrogens (tertiary/aromatic N) is 2. The van der Waals surface area contributed by atoms with Crippen molar-refractivity contribution in [2.45, 2.75) is 62.1 Å². The smallest absolute Gasteiger partial charge is 0.328 e. The molecule has 0 bridgehead atoms. The molecular weight excluding hydrogens is 310 g/mol. The molecule has 132 valence electrons. The molecule has 2 aliphatic heterocycles. The van der Waals surface area contributed by atoms with Gasteiger partial charge >= 0.3 is 5.97 Å². The first kappa shape index (κ1) is 15.9. The lowest BCUT2D eigenvalue weighted by Crippen LogP contribution is -2.71. The topological polar surface area (TPSA) is 79.0 Å². The molecule has 7 nitrogen and oxygen atoms in total. The summed E-state index contributed by atoms with van der Waals surface area (Å²) in [4.78, 5) is 41.8. The molecule has 7 heteroatoms. The fourth-order valence-corrected chi connectivity index (χ4v) is 4.54. The average Bonchev–Trinajstić information content (AvgIpc) is 3.14. The van der Waals surface area contributed by atoms with Gasteiger partial charge in [-0.05, 0) is 44.9 Å². The molecule has 4 aliphatic rings. The lowest BCUT2D eigenvalue weighted by molar-refractivity contribution is -0.168. The maximum Gasteiger partial charge on any atom is 0.328 e. The van der Waals surface area contributed by atoms with Crippen LogP contribution in [-0.4, -0.2) is 71.4 Å². The largest absolute Gasteiger partial charge is 0.467 e. The summed E-state index contributed by atoms with van der Waals surface area (Å²) in [5, 5.41) is 3.32. The Labute approximate surface area is 141 Å². The standard InChI is InChI=1S/C17H25N3O4/c1-24-13(21)12-4-2-10-19(12)15(23)17(5-3-6-17)20-11-9-18-16(7-8-16)14(20)22/h12,18H,2-11H2,1H3/t12-/m0/s1. The van der Waals surface area contributed by atoms with Crippen LogP contribution in [-0.2, 0) is 19.1 Å². The van der Waals surface area contributed by atoms with E-state index in [-0.39, 0.29) is 17.8 Å². The highest BCUT2D eigenvalue weighted by Gasteiger charge is 2.61. The molecule has 0 unspecified atom stereocenters. The highest BCUT2D eigenvalue weighted by Crippen LogP contribution is 2.46. The maximum atomic E-state index is 13.4. The molecule has 1 N–H and O–H groups in total. The summed E-state index contributed by atoms with van der Waals surface area (Å²) in [6.45, 7) is 1.88. The third kappa shape index (κ3) is 2.10. The minimum Gasteiger partial charge on any atom is -0.467 e. The number of hydrogen-bond acceptors (Lipinski definition) is 5. The van der Waals surface area contributed by atoms with Gasteiger partial charge in [0.1, 0.15) is 11.6 Å². The zero-order chi connectivity index (χ0) is 16.9. The van der Waals surface area contributed by atoms with Crippen LogP contribution in [0.25, 0.3) is 0 Å². The molecule has 0 aromatic heterocycles. The number of amides is 2. The number of rotatable bonds is 3. The van der Waals surface area contributed by atoms with Gasteiger partial charge in [-0.3, -0.25) is 9.59 Å². The van der Waals surface area contributed by atoms with E-state index in [4.69, 9.17) is 4.74 Å². The fraction of sp³-hybridized carbons (Fsp3) is 0.824. The predicted octanol–water partition coefficient (Wildman–Crippen LogP) is 0.0375. The van der Waals surface area contributed by atoms with E-state index in [0.29, 0.717) is 32.4 Å². The maximum absolute atomic E-state index is 13.4. The van der Waals surface area contributed by atoms with E-state index < -0.39 is 17.1 Å². The minimum atomic E-state index is -0.731. The van der Waals surface area contributed by atoms with Crippen LogP contribution in [0, 0.1) is 0 Å². The lowest BCUT2D eigenvalue weighted by Gasteiger charge is -2.53. The van der Waals surface area contributed by atoms with Crippen molar-refractivity contribution in [2.75, 3.05) is 26.7 Å². The van der Waals surface area contributed by atoms with Crippen LogP contribution >= 0.6 is 0 Å². The first-order chi connectivity index (χ1) is 11.5. The van der Waals surface area contributed by atoms with Gasteiger partial charge in [0, 0.05) is 19.6 Å². The highest BCUT2D eigenvalue weighted by molar-refractivity contribution is 5.98. The van der Waals surface area contributed by atoms with Gasteiger partial charge in [-0.25, -0.2) is 4.79 Å². The molecular formula is C17H25N3O4. The summed E-state index contributed by atoms with van der Waals surface area (Å²) in [6, 6.07) is -0.493. The number of piperazine rings is 1. The third-order valence-corrected chi connectivity index (χ3v) is 6.29. The van der Waals surface area contributed by atoms with E-state index in [2.05, 4.69) is 5.32 Å². The van der Waals surface area contributed by atoms with E-state index in [1.54, 1.807) is 4.90 Å². The predicted molar refractivity (Wildman–Crippen MR) is 85.0 cm³/mol. The van der Waals surface area contributed by atoms with Crippen molar-refractivity contribution in [1.82, 2.24) is 15.1 Å². The molecule has 24 heavy (non-hydrogen) atoms. The van der Waals surface area contributed by atoms with E-state index in [1.165, 1.54) is 7.11 Å². The van der Waals surface area contributed by atoms with Crippen LogP contribution in [0.4, 0.5) is 0 Å². The Bertz CT molecular complexity index is 582. The number of carbonyl (C=O) groups excluding carboxylic acids is 3. The second kappa shape index (κ2) is 5.44. The van der Waals surface area contributed by atoms with Crippen molar-refractivity contribution in [2.24, 2.45) is 0 Å². The van der Waals surface area contributed by atoms with Gasteiger partial charge < -0.3 is 19.9 Å². The van der Waals surface area contributed by atoms with Crippen LogP contribution in [0.5, 0.6) is 0 Å². The van der Waals surface area contributed by atoms with Crippen LogP contribution in [0.15, 0.2) is 0 Å². The van der Waals surface area contributed by atoms with Crippen LogP contribution in [0.2, 0.25) is 0 Å². The van der Waals surface area contributed by atoms with Crippen molar-refractivity contribution in [3.8, 4) is 0 Å². The summed E-state index contributed by atoms with van der Waals surface area (Å²) in [5.74, 6) is -0.316. The quantitative estimate of drug-likeness (QED) is 0.737. The van der Waals surface area contributed by atoms with E-state index >= 15 is 0 Å². The zero-order valence-corrected chi connectivity index (χ0v) is 14.2. The summed E-state index contributed by atoms with van der Waals surface area (Å²) < 4.78 is 4.87. The summed E-state index contributed by atoms with van der Waals surface area (Å²) in [6.07, 6.45) is 5.54. The SMILES string of the molecule is COC(=O)[C@@H]1CCCN1C(=O)C1(N2CCNC3(CC3)C2=O)CCC1. The molecule has 2 amide bonds. The summed E-state index contributed by atoms with van der Waals surface area (Å²) in [7, 11) is 1.36. The molecule has 2 heterocycles. The normalized spacial score (nSPS) is 30.2. The fourth-order valence-electron chi connectivity index (χ4n) is 4.54. The number of carbonyl (C=O) groups is 3. The number of hydrogen-bond donors (Lipinski definition) is 1. The molecule has 4 rings (SSSR count). The van der Waals surface area contributed by atoms with Crippen molar-refractivity contribution < 1.29 is 19.1 Å². The van der Waals surface area contributed by atoms with E-state index in [1.807, 2.05) is 4.90 Å². The Balaban J connectivity index is 1.59. The molecule has 1 atom stereocenters. The van der Waals surface area contributed by atoms with Gasteiger partial charge in [0.15, 0.2) is 0 Å². The Morgan fingerprint density at radius 2 is 1.92 bits per heavy atom. The Kier molecular flexibility index (Phi) is 3.60. The van der Waals surface area contributed by atoms with Gasteiger partial charge in [-0.1, -0.05) is 0 Å². The molecule has 4 fully saturated rings. The molecule has 0 aromatic rings. The second-order valence-corrected chi connectivity index (χ2v) is 7.53. The molecule has 2 saturated heterocycles. The van der Waals surface area contributed by atoms with Crippen LogP contribution in [0.1, 0.15) is 44.9 Å². The molecule has 2 saturated carbocycles. The highest BCUT2D eigenvalue weighted by atomic mass is 16.5. The number of esters is 1.